The Labute approximate surface area is 224 Å². The van der Waals surface area contributed by atoms with Gasteiger partial charge in [0.25, 0.3) is 0 Å². The Morgan fingerprint density at radius 1 is 1.24 bits per heavy atom. The number of nitrogens with zero attached hydrogens (tertiary/aromatic N) is 4. The molecule has 2 aliphatic carbocycles. The molecule has 3 heterocycles. The van der Waals surface area contributed by atoms with E-state index in [2.05, 4.69) is 53.5 Å². The Kier molecular flexibility index (Phi) is 7.28. The van der Waals surface area contributed by atoms with Crippen LogP contribution in [0, 0.1) is 11.3 Å². The minimum atomic E-state index is -0.251. The van der Waals surface area contributed by atoms with Crippen molar-refractivity contribution in [2.45, 2.75) is 83.5 Å². The lowest BCUT2D eigenvalue weighted by Gasteiger charge is -2.36. The Morgan fingerprint density at radius 2 is 2.00 bits per heavy atom. The maximum absolute atomic E-state index is 12.1. The first-order chi connectivity index (χ1) is 18.1. The van der Waals surface area contributed by atoms with Gasteiger partial charge in [0, 0.05) is 66.7 Å². The lowest BCUT2D eigenvalue weighted by molar-refractivity contribution is -0.117. The van der Waals surface area contributed by atoms with Crippen LogP contribution in [0.15, 0.2) is 36.2 Å². The summed E-state index contributed by atoms with van der Waals surface area (Å²) in [7, 11) is 0. The number of aliphatic hydroxyl groups is 1. The molecule has 0 spiro atoms. The largest absolute Gasteiger partial charge is 0.393 e. The second-order valence-electron chi connectivity index (χ2n) is 11.9. The smallest absolute Gasteiger partial charge is 0.228 e. The number of aromatic nitrogens is 3. The molecule has 5 N–H and O–H groups in total. The van der Waals surface area contributed by atoms with E-state index in [1.807, 2.05) is 29.0 Å². The van der Waals surface area contributed by atoms with Gasteiger partial charge in [-0.2, -0.15) is 5.10 Å². The van der Waals surface area contributed by atoms with Crippen LogP contribution in [-0.2, 0) is 16.8 Å². The van der Waals surface area contributed by atoms with E-state index < -0.39 is 0 Å². The molecular formula is C28H40N8O2. The first kappa shape index (κ1) is 26.4. The molecule has 1 amide bonds. The van der Waals surface area contributed by atoms with E-state index in [9.17, 15) is 9.90 Å². The van der Waals surface area contributed by atoms with Gasteiger partial charge in [0.05, 0.1) is 12.1 Å². The van der Waals surface area contributed by atoms with Gasteiger partial charge in [-0.3, -0.25) is 19.8 Å². The number of hydrogen-bond donors (Lipinski definition) is 5. The Balaban J connectivity index is 1.23. The van der Waals surface area contributed by atoms with E-state index in [1.54, 1.807) is 6.20 Å². The minimum Gasteiger partial charge on any atom is -0.393 e. The highest BCUT2D eigenvalue weighted by Gasteiger charge is 2.34. The Bertz CT molecular complexity index is 1220. The number of hydrogen-bond acceptors (Lipinski definition) is 7. The van der Waals surface area contributed by atoms with Gasteiger partial charge in [-0.25, -0.2) is 4.98 Å². The predicted molar refractivity (Wildman–Crippen MR) is 148 cm³/mol. The summed E-state index contributed by atoms with van der Waals surface area (Å²) in [5, 5.41) is 32.7. The molecule has 2 saturated carbocycles. The van der Waals surface area contributed by atoms with E-state index in [-0.39, 0.29) is 41.3 Å². The third-order valence-corrected chi connectivity index (χ3v) is 7.64. The number of nitrogens with one attached hydrogen (secondary N) is 4. The first-order valence-corrected chi connectivity index (χ1v) is 13.7. The highest BCUT2D eigenvalue weighted by molar-refractivity contribution is 6.01. The molecule has 0 aromatic carbocycles. The quantitative estimate of drug-likeness (QED) is 0.279. The monoisotopic (exact) mass is 520 g/mol. The molecular weight excluding hydrogens is 480 g/mol. The van der Waals surface area contributed by atoms with Gasteiger partial charge in [0.15, 0.2) is 5.82 Å². The summed E-state index contributed by atoms with van der Waals surface area (Å²) >= 11 is 0. The fraction of sp³-hybridized carbons (Fsp3) is 0.571. The number of aliphatic hydroxyl groups excluding tert-OH is 1. The Hall–Kier alpha value is -3.24. The summed E-state index contributed by atoms with van der Waals surface area (Å²) in [4.78, 5) is 18.8. The van der Waals surface area contributed by atoms with Crippen LogP contribution < -0.4 is 16.0 Å². The van der Waals surface area contributed by atoms with E-state index in [0.717, 1.165) is 62.3 Å². The van der Waals surface area contributed by atoms with E-state index >= 15 is 0 Å². The van der Waals surface area contributed by atoms with Gasteiger partial charge < -0.3 is 21.1 Å². The van der Waals surface area contributed by atoms with Gasteiger partial charge in [-0.05, 0) is 50.3 Å². The van der Waals surface area contributed by atoms with Crippen LogP contribution in [0.4, 0.5) is 11.6 Å². The summed E-state index contributed by atoms with van der Waals surface area (Å²) < 4.78 is 2.02. The molecule has 0 radical (unpaired) electrons. The van der Waals surface area contributed by atoms with Crippen molar-refractivity contribution in [1.29, 1.82) is 5.41 Å². The highest BCUT2D eigenvalue weighted by Crippen LogP contribution is 2.37. The molecule has 1 atom stereocenters. The summed E-state index contributed by atoms with van der Waals surface area (Å²) in [5.74, 6) is 1.73. The minimum absolute atomic E-state index is 0.0613. The number of carbonyl (C=O) groups is 1. The molecule has 0 unspecified atom stereocenters. The van der Waals surface area contributed by atoms with Crippen molar-refractivity contribution in [3.63, 3.8) is 0 Å². The van der Waals surface area contributed by atoms with Gasteiger partial charge in [0.2, 0.25) is 5.91 Å². The van der Waals surface area contributed by atoms with Crippen LogP contribution in [0.2, 0.25) is 0 Å². The van der Waals surface area contributed by atoms with Crippen molar-refractivity contribution < 1.29 is 9.90 Å². The first-order valence-electron chi connectivity index (χ1n) is 13.7. The molecule has 1 aliphatic heterocycles. The number of piperazine rings is 1. The van der Waals surface area contributed by atoms with Crippen molar-refractivity contribution in [2.75, 3.05) is 23.7 Å². The van der Waals surface area contributed by atoms with Crippen LogP contribution in [0.3, 0.4) is 0 Å². The van der Waals surface area contributed by atoms with Crippen molar-refractivity contribution in [3.05, 3.63) is 47.4 Å². The number of pyridine rings is 1. The summed E-state index contributed by atoms with van der Waals surface area (Å²) in [6.45, 7) is 11.0. The zero-order valence-electron chi connectivity index (χ0n) is 22.8. The standard InChI is InChI=1S/C28H40N8O2/c1-17-22(14-24(29)32-26-15-23(28(2,3)4)36(34-26)20-12-21(37)13-20)30-9-10-35(17)16-18-7-8-31-25(11-18)33-27(38)19-5-6-19/h7-8,11,14-15,17,19-21,30,37H,5-6,9-10,12-13,16H2,1-4H3,(H2,29,32,34)(H,31,33,38)/b22-14-/t17-,20-,21-/m0/s1. The van der Waals surface area contributed by atoms with Crippen LogP contribution in [0.1, 0.15) is 70.7 Å². The molecule has 2 aromatic rings. The maximum Gasteiger partial charge on any atom is 0.228 e. The third kappa shape index (κ3) is 6.07. The van der Waals surface area contributed by atoms with Crippen LogP contribution in [0.25, 0.3) is 0 Å². The Morgan fingerprint density at radius 3 is 2.68 bits per heavy atom. The SMILES string of the molecule is C[C@H]1/C(=C/C(=N)Nc2cc(C(C)(C)C)n([C@H]3C[C@H](O)C3)n2)NCCN1Cc1ccnc(NC(=O)C2CC2)c1. The second kappa shape index (κ2) is 10.5. The predicted octanol–water partition coefficient (Wildman–Crippen LogP) is 3.39. The average molecular weight is 521 g/mol. The summed E-state index contributed by atoms with van der Waals surface area (Å²) in [6.07, 6.45) is 6.70. The van der Waals surface area contributed by atoms with Crippen molar-refractivity contribution in [2.24, 2.45) is 5.92 Å². The molecule has 10 heteroatoms. The van der Waals surface area contributed by atoms with Gasteiger partial charge in [-0.15, -0.1) is 0 Å². The summed E-state index contributed by atoms with van der Waals surface area (Å²) in [5.41, 5.74) is 3.07. The lowest BCUT2D eigenvalue weighted by Crippen LogP contribution is -2.47. The van der Waals surface area contributed by atoms with E-state index in [1.165, 1.54) is 0 Å². The van der Waals surface area contributed by atoms with Crippen molar-refractivity contribution >= 4 is 23.4 Å². The third-order valence-electron chi connectivity index (χ3n) is 7.64. The lowest BCUT2D eigenvalue weighted by atomic mass is 9.87. The van der Waals surface area contributed by atoms with E-state index in [4.69, 9.17) is 10.5 Å². The van der Waals surface area contributed by atoms with Crippen molar-refractivity contribution in [1.82, 2.24) is 25.0 Å². The van der Waals surface area contributed by atoms with Crippen LogP contribution in [-0.4, -0.2) is 61.7 Å². The molecule has 10 nitrogen and oxygen atoms in total. The summed E-state index contributed by atoms with van der Waals surface area (Å²) in [6, 6.07) is 6.24. The molecule has 2 aromatic heterocycles. The topological polar surface area (TPSA) is 131 Å². The molecule has 0 bridgehead atoms. The fourth-order valence-electron chi connectivity index (χ4n) is 5.10. The second-order valence-corrected chi connectivity index (χ2v) is 11.9. The highest BCUT2D eigenvalue weighted by atomic mass is 16.3. The number of amides is 1. The molecule has 1 saturated heterocycles. The van der Waals surface area contributed by atoms with Crippen LogP contribution >= 0.6 is 0 Å². The maximum atomic E-state index is 12.1. The van der Waals surface area contributed by atoms with E-state index in [0.29, 0.717) is 11.6 Å². The molecule has 3 fully saturated rings. The molecule has 204 valence electrons. The normalized spacial score (nSPS) is 25.0. The number of anilines is 2. The zero-order chi connectivity index (χ0) is 27.0. The molecule has 3 aliphatic rings. The number of carbonyl (C=O) groups excluding carboxylic acids is 1. The number of amidine groups is 1. The van der Waals surface area contributed by atoms with Crippen molar-refractivity contribution in [3.8, 4) is 0 Å². The zero-order valence-corrected chi connectivity index (χ0v) is 22.8. The fourth-order valence-corrected chi connectivity index (χ4v) is 5.10. The van der Waals surface area contributed by atoms with Crippen LogP contribution in [0.5, 0.6) is 0 Å². The van der Waals surface area contributed by atoms with Gasteiger partial charge in [-0.1, -0.05) is 20.8 Å². The van der Waals surface area contributed by atoms with Gasteiger partial charge >= 0.3 is 0 Å². The van der Waals surface area contributed by atoms with Gasteiger partial charge in [0.1, 0.15) is 11.7 Å². The molecule has 5 rings (SSSR count). The number of rotatable bonds is 7. The average Bonchev–Trinajstić information content (AvgIpc) is 3.60. The molecule has 38 heavy (non-hydrogen) atoms.